The van der Waals surface area contributed by atoms with Gasteiger partial charge in [-0.1, -0.05) is 6.07 Å². The van der Waals surface area contributed by atoms with E-state index < -0.39 is 5.97 Å². The molecule has 2 rings (SSSR count). The van der Waals surface area contributed by atoms with E-state index in [2.05, 4.69) is 9.97 Å². The first-order valence-electron chi connectivity index (χ1n) is 4.84. The number of hydrogen-bond acceptors (Lipinski definition) is 3. The number of nitrogens with zero attached hydrogens (tertiary/aromatic N) is 3. The van der Waals surface area contributed by atoms with Gasteiger partial charge in [0, 0.05) is 6.20 Å². The van der Waals surface area contributed by atoms with Gasteiger partial charge < -0.3 is 9.67 Å². The molecule has 82 valence electrons. The third-order valence-corrected chi connectivity index (χ3v) is 2.32. The Hall–Kier alpha value is -2.17. The van der Waals surface area contributed by atoms with Crippen LogP contribution in [0.15, 0.2) is 30.6 Å². The standard InChI is InChI=1S/C11H11N3O2/c1-8-13-6-10(11(15)16)14(8)7-9-4-2-3-5-12-9/h2-6H,7H2,1H3,(H,15,16). The van der Waals surface area contributed by atoms with E-state index in [1.807, 2.05) is 18.2 Å². The van der Waals surface area contributed by atoms with E-state index in [0.717, 1.165) is 5.69 Å². The van der Waals surface area contributed by atoms with Gasteiger partial charge in [-0.2, -0.15) is 0 Å². The Balaban J connectivity index is 2.34. The summed E-state index contributed by atoms with van der Waals surface area (Å²) in [5.74, 6) is -0.306. The second kappa shape index (κ2) is 4.14. The first kappa shape index (κ1) is 10.4. The highest BCUT2D eigenvalue weighted by molar-refractivity contribution is 5.85. The number of carboxylic acid groups (broad SMARTS) is 1. The topological polar surface area (TPSA) is 68.0 Å². The minimum Gasteiger partial charge on any atom is -0.477 e. The number of aryl methyl sites for hydroxylation is 1. The third kappa shape index (κ3) is 1.93. The molecule has 0 amide bonds. The predicted molar refractivity (Wildman–Crippen MR) is 57.3 cm³/mol. The lowest BCUT2D eigenvalue weighted by Crippen LogP contribution is -2.11. The van der Waals surface area contributed by atoms with Crippen LogP contribution < -0.4 is 0 Å². The maximum atomic E-state index is 10.9. The Kier molecular flexibility index (Phi) is 2.68. The molecule has 0 aliphatic carbocycles. The van der Waals surface area contributed by atoms with Gasteiger partial charge in [0.2, 0.25) is 0 Å². The number of hydrogen-bond donors (Lipinski definition) is 1. The Morgan fingerprint density at radius 2 is 2.25 bits per heavy atom. The number of rotatable bonds is 3. The van der Waals surface area contributed by atoms with Crippen molar-refractivity contribution in [1.82, 2.24) is 14.5 Å². The Morgan fingerprint density at radius 1 is 1.44 bits per heavy atom. The van der Waals surface area contributed by atoms with Gasteiger partial charge in [-0.3, -0.25) is 4.98 Å². The highest BCUT2D eigenvalue weighted by atomic mass is 16.4. The summed E-state index contributed by atoms with van der Waals surface area (Å²) in [7, 11) is 0. The molecule has 0 radical (unpaired) electrons. The van der Waals surface area contributed by atoms with Gasteiger partial charge in [0.1, 0.15) is 11.5 Å². The summed E-state index contributed by atoms with van der Waals surface area (Å²) in [6, 6.07) is 5.54. The van der Waals surface area contributed by atoms with E-state index >= 15 is 0 Å². The van der Waals surface area contributed by atoms with Gasteiger partial charge in [-0.05, 0) is 19.1 Å². The van der Waals surface area contributed by atoms with E-state index in [1.54, 1.807) is 17.7 Å². The molecule has 0 fully saturated rings. The fraction of sp³-hybridized carbons (Fsp3) is 0.182. The SMILES string of the molecule is Cc1ncc(C(=O)O)n1Cc1ccccn1. The van der Waals surface area contributed by atoms with E-state index in [9.17, 15) is 4.79 Å². The zero-order valence-electron chi connectivity index (χ0n) is 8.79. The van der Waals surface area contributed by atoms with Crippen molar-refractivity contribution in [1.29, 1.82) is 0 Å². The molecule has 0 bridgehead atoms. The highest BCUT2D eigenvalue weighted by Crippen LogP contribution is 2.08. The first-order valence-corrected chi connectivity index (χ1v) is 4.84. The van der Waals surface area contributed by atoms with Crippen molar-refractivity contribution in [3.05, 3.63) is 47.8 Å². The molecule has 0 saturated carbocycles. The molecular formula is C11H11N3O2. The van der Waals surface area contributed by atoms with Gasteiger partial charge in [0.15, 0.2) is 0 Å². The summed E-state index contributed by atoms with van der Waals surface area (Å²) in [6.07, 6.45) is 3.04. The Bertz CT molecular complexity index is 505. The van der Waals surface area contributed by atoms with Crippen molar-refractivity contribution in [2.75, 3.05) is 0 Å². The van der Waals surface area contributed by atoms with Crippen molar-refractivity contribution in [3.63, 3.8) is 0 Å². The minimum atomic E-state index is -0.975. The normalized spacial score (nSPS) is 10.3. The monoisotopic (exact) mass is 217 g/mol. The number of aromatic carboxylic acids is 1. The number of imidazole rings is 1. The summed E-state index contributed by atoms with van der Waals surface area (Å²) in [4.78, 5) is 19.1. The summed E-state index contributed by atoms with van der Waals surface area (Å²) in [5, 5.41) is 8.98. The second-order valence-corrected chi connectivity index (χ2v) is 3.40. The largest absolute Gasteiger partial charge is 0.477 e. The van der Waals surface area contributed by atoms with Crippen LogP contribution in [0.25, 0.3) is 0 Å². The molecule has 0 spiro atoms. The maximum Gasteiger partial charge on any atom is 0.354 e. The van der Waals surface area contributed by atoms with Gasteiger partial charge in [-0.25, -0.2) is 9.78 Å². The molecule has 2 aromatic rings. The predicted octanol–water partition coefficient (Wildman–Crippen LogP) is 1.33. The summed E-state index contributed by atoms with van der Waals surface area (Å²) in [5.41, 5.74) is 0.995. The van der Waals surface area contributed by atoms with Crippen LogP contribution in [-0.4, -0.2) is 25.6 Å². The van der Waals surface area contributed by atoms with E-state index in [1.165, 1.54) is 6.20 Å². The summed E-state index contributed by atoms with van der Waals surface area (Å²) in [6.45, 7) is 2.20. The molecule has 0 aliphatic rings. The molecule has 1 N–H and O–H groups in total. The molecule has 5 heteroatoms. The van der Waals surface area contributed by atoms with Gasteiger partial charge in [0.25, 0.3) is 0 Å². The number of aromatic nitrogens is 3. The smallest absolute Gasteiger partial charge is 0.354 e. The fourth-order valence-corrected chi connectivity index (χ4v) is 1.49. The number of carboxylic acids is 1. The Labute approximate surface area is 92.4 Å². The van der Waals surface area contributed by atoms with Crippen molar-refractivity contribution in [2.24, 2.45) is 0 Å². The van der Waals surface area contributed by atoms with Gasteiger partial charge >= 0.3 is 5.97 Å². The lowest BCUT2D eigenvalue weighted by atomic mass is 10.3. The molecule has 0 saturated heterocycles. The molecule has 16 heavy (non-hydrogen) atoms. The maximum absolute atomic E-state index is 10.9. The lowest BCUT2D eigenvalue weighted by molar-refractivity contribution is 0.0685. The Morgan fingerprint density at radius 3 is 2.88 bits per heavy atom. The van der Waals surface area contributed by atoms with Crippen LogP contribution in [0.5, 0.6) is 0 Å². The molecular weight excluding hydrogens is 206 g/mol. The van der Waals surface area contributed by atoms with Crippen LogP contribution in [0, 0.1) is 6.92 Å². The van der Waals surface area contributed by atoms with Crippen LogP contribution in [0.3, 0.4) is 0 Å². The first-order chi connectivity index (χ1) is 7.68. The molecule has 0 aliphatic heterocycles. The van der Waals surface area contributed by atoms with Gasteiger partial charge in [-0.15, -0.1) is 0 Å². The zero-order chi connectivity index (χ0) is 11.5. The van der Waals surface area contributed by atoms with Crippen molar-refractivity contribution < 1.29 is 9.90 Å². The highest BCUT2D eigenvalue weighted by Gasteiger charge is 2.13. The van der Waals surface area contributed by atoms with Crippen molar-refractivity contribution in [2.45, 2.75) is 13.5 Å². The zero-order valence-corrected chi connectivity index (χ0v) is 8.79. The van der Waals surface area contributed by atoms with E-state index in [-0.39, 0.29) is 5.69 Å². The molecule has 0 unspecified atom stereocenters. The molecule has 0 atom stereocenters. The van der Waals surface area contributed by atoms with Crippen LogP contribution >= 0.6 is 0 Å². The minimum absolute atomic E-state index is 0.183. The van der Waals surface area contributed by atoms with E-state index in [0.29, 0.717) is 12.4 Å². The van der Waals surface area contributed by atoms with Crippen LogP contribution in [0.2, 0.25) is 0 Å². The van der Waals surface area contributed by atoms with Crippen molar-refractivity contribution in [3.8, 4) is 0 Å². The average Bonchev–Trinajstić information content (AvgIpc) is 2.62. The quantitative estimate of drug-likeness (QED) is 0.842. The van der Waals surface area contributed by atoms with Crippen molar-refractivity contribution >= 4 is 5.97 Å². The van der Waals surface area contributed by atoms with Crippen LogP contribution in [0.1, 0.15) is 22.0 Å². The third-order valence-electron chi connectivity index (χ3n) is 2.32. The van der Waals surface area contributed by atoms with E-state index in [4.69, 9.17) is 5.11 Å². The van der Waals surface area contributed by atoms with Crippen LogP contribution in [0.4, 0.5) is 0 Å². The fourth-order valence-electron chi connectivity index (χ4n) is 1.49. The summed E-state index contributed by atoms with van der Waals surface area (Å²) >= 11 is 0. The van der Waals surface area contributed by atoms with Gasteiger partial charge in [0.05, 0.1) is 18.4 Å². The second-order valence-electron chi connectivity index (χ2n) is 3.40. The molecule has 2 aromatic heterocycles. The molecule has 5 nitrogen and oxygen atoms in total. The average molecular weight is 217 g/mol. The number of carbonyl (C=O) groups is 1. The van der Waals surface area contributed by atoms with Crippen LogP contribution in [-0.2, 0) is 6.54 Å². The number of pyridine rings is 1. The summed E-state index contributed by atoms with van der Waals surface area (Å²) < 4.78 is 1.63. The lowest BCUT2D eigenvalue weighted by Gasteiger charge is -2.06. The molecule has 2 heterocycles. The molecule has 0 aromatic carbocycles.